The summed E-state index contributed by atoms with van der Waals surface area (Å²) in [7, 11) is -4.02. The van der Waals surface area contributed by atoms with Crippen LogP contribution in [0.3, 0.4) is 0 Å². The van der Waals surface area contributed by atoms with Crippen molar-refractivity contribution in [1.29, 1.82) is 0 Å². The lowest BCUT2D eigenvalue weighted by molar-refractivity contribution is -0.384. The predicted octanol–water partition coefficient (Wildman–Crippen LogP) is 3.65. The second kappa shape index (κ2) is 12.2. The van der Waals surface area contributed by atoms with Gasteiger partial charge in [-0.15, -0.1) is 0 Å². The number of nitro groups is 1. The van der Waals surface area contributed by atoms with Crippen LogP contribution in [0.1, 0.15) is 38.3 Å². The van der Waals surface area contributed by atoms with Gasteiger partial charge in [-0.1, -0.05) is 42.8 Å². The van der Waals surface area contributed by atoms with E-state index in [1.807, 2.05) is 13.8 Å². The number of nitrogens with zero attached hydrogens (tertiary/aromatic N) is 3. The molecule has 36 heavy (non-hydrogen) atoms. The molecule has 0 aliphatic heterocycles. The molecule has 2 aromatic rings. The summed E-state index contributed by atoms with van der Waals surface area (Å²) in [5.74, 6) is -1.07. The van der Waals surface area contributed by atoms with Gasteiger partial charge in [-0.25, -0.2) is 8.42 Å². The van der Waals surface area contributed by atoms with Crippen LogP contribution in [0, 0.1) is 17.0 Å². The Balaban J connectivity index is 2.49. The van der Waals surface area contributed by atoms with Crippen molar-refractivity contribution in [3.8, 4) is 0 Å². The first-order valence-electron chi connectivity index (χ1n) is 11.3. The van der Waals surface area contributed by atoms with Crippen molar-refractivity contribution in [2.75, 3.05) is 17.1 Å². The fraction of sp³-hybridized carbons (Fsp3) is 0.417. The Morgan fingerprint density at radius 2 is 1.81 bits per heavy atom. The molecule has 2 atom stereocenters. The van der Waals surface area contributed by atoms with Gasteiger partial charge in [-0.3, -0.25) is 24.0 Å². The van der Waals surface area contributed by atoms with Crippen LogP contribution < -0.4 is 9.62 Å². The first kappa shape index (κ1) is 29.1. The van der Waals surface area contributed by atoms with E-state index in [9.17, 15) is 28.1 Å². The minimum atomic E-state index is -4.02. The van der Waals surface area contributed by atoms with E-state index in [2.05, 4.69) is 5.32 Å². The van der Waals surface area contributed by atoms with Gasteiger partial charge < -0.3 is 10.2 Å². The maximum atomic E-state index is 13.6. The molecule has 0 fully saturated rings. The minimum Gasteiger partial charge on any atom is -0.352 e. The Morgan fingerprint density at radius 3 is 2.36 bits per heavy atom. The third kappa shape index (κ3) is 7.41. The molecule has 0 aliphatic carbocycles. The summed E-state index contributed by atoms with van der Waals surface area (Å²) in [5, 5.41) is 14.5. The molecule has 0 heterocycles. The molecular formula is C24H31ClN4O6S. The number of nitrogens with one attached hydrogen (secondary N) is 1. The van der Waals surface area contributed by atoms with Gasteiger partial charge >= 0.3 is 0 Å². The lowest BCUT2D eigenvalue weighted by Gasteiger charge is -2.32. The Labute approximate surface area is 216 Å². The second-order valence-corrected chi connectivity index (χ2v) is 10.9. The number of nitro benzene ring substituents is 1. The van der Waals surface area contributed by atoms with Crippen LogP contribution in [0.4, 0.5) is 11.4 Å². The molecular weight excluding hydrogens is 508 g/mol. The number of hydrogen-bond acceptors (Lipinski definition) is 6. The molecule has 196 valence electrons. The number of carbonyl (C=O) groups excluding carboxylic acids is 2. The molecule has 0 aliphatic rings. The normalized spacial score (nSPS) is 12.9. The first-order chi connectivity index (χ1) is 16.8. The van der Waals surface area contributed by atoms with Crippen molar-refractivity contribution in [3.63, 3.8) is 0 Å². The highest BCUT2D eigenvalue weighted by Gasteiger charge is 2.31. The Hall–Kier alpha value is -3.18. The van der Waals surface area contributed by atoms with Crippen LogP contribution in [0.5, 0.6) is 0 Å². The van der Waals surface area contributed by atoms with Crippen LogP contribution in [0.2, 0.25) is 5.02 Å². The summed E-state index contributed by atoms with van der Waals surface area (Å²) < 4.78 is 26.2. The summed E-state index contributed by atoms with van der Waals surface area (Å²) in [6.45, 7) is 6.18. The molecule has 2 rings (SSSR count). The standard InChI is InChI=1S/C24H31ClN4O6S/c1-6-17(3)26-24(31)18(4)27(14-19-9-7-8-10-21(19)25)23(30)15-28(36(5,34)35)22-13-20(29(32)33)12-11-16(22)2/h7-13,17-18H,6,14-15H2,1-5H3,(H,26,31)/t17-,18+/m0/s1. The van der Waals surface area contributed by atoms with Crippen molar-refractivity contribution in [1.82, 2.24) is 10.2 Å². The summed E-state index contributed by atoms with van der Waals surface area (Å²) in [4.78, 5) is 38.4. The molecule has 0 bridgehead atoms. The van der Waals surface area contributed by atoms with Crippen LogP contribution in [-0.4, -0.2) is 54.9 Å². The Bertz CT molecular complexity index is 1240. The fourth-order valence-corrected chi connectivity index (χ4v) is 4.53. The van der Waals surface area contributed by atoms with E-state index in [0.29, 0.717) is 22.6 Å². The van der Waals surface area contributed by atoms with Crippen molar-refractivity contribution >= 4 is 44.8 Å². The van der Waals surface area contributed by atoms with E-state index in [4.69, 9.17) is 11.6 Å². The highest BCUT2D eigenvalue weighted by Crippen LogP contribution is 2.28. The average Bonchev–Trinajstić information content (AvgIpc) is 2.80. The Kier molecular flexibility index (Phi) is 9.83. The zero-order chi connectivity index (χ0) is 27.2. The Morgan fingerprint density at radius 1 is 1.17 bits per heavy atom. The average molecular weight is 539 g/mol. The third-order valence-corrected chi connectivity index (χ3v) is 7.31. The lowest BCUT2D eigenvalue weighted by atomic mass is 10.1. The van der Waals surface area contributed by atoms with E-state index >= 15 is 0 Å². The smallest absolute Gasteiger partial charge is 0.271 e. The monoisotopic (exact) mass is 538 g/mol. The topological polar surface area (TPSA) is 130 Å². The van der Waals surface area contributed by atoms with Gasteiger partial charge in [0.15, 0.2) is 0 Å². The van der Waals surface area contributed by atoms with Crippen LogP contribution in [-0.2, 0) is 26.2 Å². The molecule has 12 heteroatoms. The first-order valence-corrected chi connectivity index (χ1v) is 13.5. The quantitative estimate of drug-likeness (QED) is 0.343. The number of non-ortho nitro benzene ring substituents is 1. The molecule has 0 unspecified atom stereocenters. The number of amides is 2. The van der Waals surface area contributed by atoms with E-state index < -0.39 is 39.3 Å². The largest absolute Gasteiger partial charge is 0.352 e. The molecule has 2 amide bonds. The van der Waals surface area contributed by atoms with Gasteiger partial charge in [0.25, 0.3) is 5.69 Å². The summed E-state index contributed by atoms with van der Waals surface area (Å²) in [6.07, 6.45) is 1.60. The van der Waals surface area contributed by atoms with Gasteiger partial charge in [0.1, 0.15) is 12.6 Å². The molecule has 0 saturated heterocycles. The summed E-state index contributed by atoms with van der Waals surface area (Å²) >= 11 is 6.30. The maximum absolute atomic E-state index is 13.6. The van der Waals surface area contributed by atoms with E-state index in [0.717, 1.165) is 16.6 Å². The molecule has 2 aromatic carbocycles. The SMILES string of the molecule is CC[C@H](C)NC(=O)[C@@H](C)N(Cc1ccccc1Cl)C(=O)CN(c1cc([N+](=O)[O-])ccc1C)S(C)(=O)=O. The number of rotatable bonds is 11. The van der Waals surface area contributed by atoms with Crippen molar-refractivity contribution in [2.24, 2.45) is 0 Å². The molecule has 0 radical (unpaired) electrons. The summed E-state index contributed by atoms with van der Waals surface area (Å²) in [6, 6.07) is 9.54. The summed E-state index contributed by atoms with van der Waals surface area (Å²) in [5.41, 5.74) is 0.701. The van der Waals surface area contributed by atoms with Gasteiger partial charge in [0.05, 0.1) is 16.9 Å². The van der Waals surface area contributed by atoms with E-state index in [1.54, 1.807) is 38.1 Å². The van der Waals surface area contributed by atoms with Gasteiger partial charge in [0, 0.05) is 29.7 Å². The molecule has 0 spiro atoms. The number of anilines is 1. The third-order valence-electron chi connectivity index (χ3n) is 5.82. The second-order valence-electron chi connectivity index (χ2n) is 8.60. The maximum Gasteiger partial charge on any atom is 0.271 e. The van der Waals surface area contributed by atoms with Crippen LogP contribution in [0.25, 0.3) is 0 Å². The number of sulfonamides is 1. The lowest BCUT2D eigenvalue weighted by Crippen LogP contribution is -2.52. The number of benzene rings is 2. The fourth-order valence-electron chi connectivity index (χ4n) is 3.43. The van der Waals surface area contributed by atoms with Crippen molar-refractivity contribution in [2.45, 2.75) is 52.7 Å². The van der Waals surface area contributed by atoms with Crippen LogP contribution >= 0.6 is 11.6 Å². The van der Waals surface area contributed by atoms with Crippen molar-refractivity contribution < 1.29 is 22.9 Å². The van der Waals surface area contributed by atoms with Gasteiger partial charge in [-0.2, -0.15) is 0 Å². The van der Waals surface area contributed by atoms with E-state index in [-0.39, 0.29) is 24.0 Å². The molecule has 0 saturated carbocycles. The molecule has 0 aromatic heterocycles. The van der Waals surface area contributed by atoms with Gasteiger partial charge in [-0.05, 0) is 44.4 Å². The zero-order valence-electron chi connectivity index (χ0n) is 20.9. The number of aryl methyl sites for hydroxylation is 1. The van der Waals surface area contributed by atoms with Crippen LogP contribution in [0.15, 0.2) is 42.5 Å². The number of carbonyl (C=O) groups is 2. The van der Waals surface area contributed by atoms with Crippen molar-refractivity contribution in [3.05, 3.63) is 68.7 Å². The zero-order valence-corrected chi connectivity index (χ0v) is 22.5. The highest BCUT2D eigenvalue weighted by molar-refractivity contribution is 7.92. The predicted molar refractivity (Wildman–Crippen MR) is 139 cm³/mol. The molecule has 10 nitrogen and oxygen atoms in total. The highest BCUT2D eigenvalue weighted by atomic mass is 35.5. The number of hydrogen-bond donors (Lipinski definition) is 1. The number of halogens is 1. The molecule has 1 N–H and O–H groups in total. The van der Waals surface area contributed by atoms with E-state index in [1.165, 1.54) is 17.0 Å². The minimum absolute atomic E-state index is 0.00875. The van der Waals surface area contributed by atoms with Gasteiger partial charge in [0.2, 0.25) is 21.8 Å².